The first kappa shape index (κ1) is 21.3. The summed E-state index contributed by atoms with van der Waals surface area (Å²) in [5.41, 5.74) is -2.66. The first-order valence-corrected chi connectivity index (χ1v) is 9.45. The number of hydrogen-bond donors (Lipinski definition) is 1. The van der Waals surface area contributed by atoms with Gasteiger partial charge >= 0.3 is 6.18 Å². The summed E-state index contributed by atoms with van der Waals surface area (Å²) in [6.07, 6.45) is -4.21. The van der Waals surface area contributed by atoms with Gasteiger partial charge in [-0.1, -0.05) is 12.1 Å². The number of nitrogens with one attached hydrogen (secondary N) is 1. The van der Waals surface area contributed by atoms with Gasteiger partial charge in [0.15, 0.2) is 0 Å². The molecule has 1 amide bonds. The molecule has 1 fully saturated rings. The van der Waals surface area contributed by atoms with Crippen LogP contribution in [0, 0.1) is 0 Å². The minimum atomic E-state index is -4.91. The van der Waals surface area contributed by atoms with Crippen molar-refractivity contribution in [3.8, 4) is 0 Å². The van der Waals surface area contributed by atoms with Crippen LogP contribution in [0.2, 0.25) is 0 Å². The number of rotatable bonds is 6. The fraction of sp³-hybridized carbons (Fsp3) is 0.526. The van der Waals surface area contributed by atoms with Gasteiger partial charge in [-0.3, -0.25) is 19.1 Å². The number of amides is 1. The Morgan fingerprint density at radius 1 is 1.28 bits per heavy atom. The van der Waals surface area contributed by atoms with Crippen molar-refractivity contribution >= 4 is 16.9 Å². The van der Waals surface area contributed by atoms with Crippen molar-refractivity contribution < 1.29 is 22.7 Å². The van der Waals surface area contributed by atoms with Crippen molar-refractivity contribution in [3.63, 3.8) is 0 Å². The van der Waals surface area contributed by atoms with E-state index in [0.29, 0.717) is 26.2 Å². The molecule has 7 nitrogen and oxygen atoms in total. The first-order valence-electron chi connectivity index (χ1n) is 9.45. The Balaban J connectivity index is 1.75. The van der Waals surface area contributed by atoms with E-state index in [-0.39, 0.29) is 11.0 Å². The molecule has 10 heteroatoms. The molecule has 158 valence electrons. The van der Waals surface area contributed by atoms with Crippen molar-refractivity contribution in [3.05, 3.63) is 40.3 Å². The van der Waals surface area contributed by atoms with Crippen molar-refractivity contribution in [2.45, 2.75) is 25.6 Å². The number of carbonyl (C=O) groups excluding carboxylic acids is 1. The van der Waals surface area contributed by atoms with E-state index in [1.165, 1.54) is 25.1 Å². The van der Waals surface area contributed by atoms with E-state index < -0.39 is 29.4 Å². The highest BCUT2D eigenvalue weighted by Gasteiger charge is 2.38. The monoisotopic (exact) mass is 412 g/mol. The normalized spacial score (nSPS) is 16.7. The van der Waals surface area contributed by atoms with E-state index in [9.17, 15) is 22.8 Å². The van der Waals surface area contributed by atoms with E-state index in [4.69, 9.17) is 4.74 Å². The molecule has 2 heterocycles. The van der Waals surface area contributed by atoms with Gasteiger partial charge in [0.25, 0.3) is 5.56 Å². The summed E-state index contributed by atoms with van der Waals surface area (Å²) in [5.74, 6) is -0.515. The number of morpholine rings is 1. The Bertz CT molecular complexity index is 923. The van der Waals surface area contributed by atoms with Crippen LogP contribution in [-0.4, -0.2) is 59.8 Å². The summed E-state index contributed by atoms with van der Waals surface area (Å²) in [7, 11) is 0. The molecule has 0 radical (unpaired) electrons. The van der Waals surface area contributed by atoms with Crippen LogP contribution in [-0.2, 0) is 15.7 Å². The summed E-state index contributed by atoms with van der Waals surface area (Å²) in [5, 5.41) is 2.71. The number of para-hydroxylation sites is 2. The molecule has 0 saturated carbocycles. The second kappa shape index (κ2) is 8.91. The Morgan fingerprint density at radius 2 is 1.97 bits per heavy atom. The molecule has 1 atom stereocenters. The number of alkyl halides is 3. The summed E-state index contributed by atoms with van der Waals surface area (Å²) in [6, 6.07) is 4.86. The highest BCUT2D eigenvalue weighted by Crippen LogP contribution is 2.27. The van der Waals surface area contributed by atoms with Crippen molar-refractivity contribution in [1.29, 1.82) is 0 Å². The van der Waals surface area contributed by atoms with E-state index in [2.05, 4.69) is 15.2 Å². The molecule has 1 aromatic carbocycles. The van der Waals surface area contributed by atoms with Crippen LogP contribution in [0.5, 0.6) is 0 Å². The van der Waals surface area contributed by atoms with Crippen LogP contribution in [0.3, 0.4) is 0 Å². The van der Waals surface area contributed by atoms with Crippen molar-refractivity contribution in [1.82, 2.24) is 19.8 Å². The highest BCUT2D eigenvalue weighted by atomic mass is 19.4. The Morgan fingerprint density at radius 3 is 2.66 bits per heavy atom. The van der Waals surface area contributed by atoms with Gasteiger partial charge in [0.2, 0.25) is 11.6 Å². The third kappa shape index (κ3) is 4.94. The summed E-state index contributed by atoms with van der Waals surface area (Å²) in [6.45, 7) is 5.60. The van der Waals surface area contributed by atoms with Gasteiger partial charge in [-0.15, -0.1) is 0 Å². The van der Waals surface area contributed by atoms with Crippen LogP contribution >= 0.6 is 0 Å². The molecule has 2 aromatic rings. The van der Waals surface area contributed by atoms with Crippen molar-refractivity contribution in [2.75, 3.05) is 39.4 Å². The van der Waals surface area contributed by atoms with Gasteiger partial charge in [-0.05, 0) is 32.0 Å². The number of hydrogen-bond acceptors (Lipinski definition) is 5. The van der Waals surface area contributed by atoms with Gasteiger partial charge in [0.05, 0.1) is 24.2 Å². The van der Waals surface area contributed by atoms with Crippen LogP contribution in [0.15, 0.2) is 29.1 Å². The lowest BCUT2D eigenvalue weighted by molar-refractivity contribution is -0.142. The number of benzene rings is 1. The minimum Gasteiger partial charge on any atom is -0.379 e. The molecule has 3 rings (SSSR count). The Kier molecular flexibility index (Phi) is 6.53. The molecule has 1 N–H and O–H groups in total. The molecular formula is C19H23F3N4O3. The molecular weight excluding hydrogens is 389 g/mol. The van der Waals surface area contributed by atoms with E-state index in [0.717, 1.165) is 24.2 Å². The Labute approximate surface area is 165 Å². The fourth-order valence-corrected chi connectivity index (χ4v) is 3.33. The van der Waals surface area contributed by atoms with Gasteiger partial charge in [0.1, 0.15) is 6.04 Å². The molecule has 0 bridgehead atoms. The average Bonchev–Trinajstić information content (AvgIpc) is 2.70. The number of aromatic nitrogens is 2. The zero-order chi connectivity index (χ0) is 21.0. The molecule has 29 heavy (non-hydrogen) atoms. The lowest BCUT2D eigenvalue weighted by Crippen LogP contribution is -2.40. The smallest absolute Gasteiger partial charge is 0.379 e. The standard InChI is InChI=1S/C19H23F3N4O3/c1-13(17(27)23-7-4-8-25-9-11-29-12-10-25)26-15-6-3-2-5-14(15)24-16(18(26)28)19(20,21)22/h2-3,5-6,13H,4,7-12H2,1H3,(H,23,27)/t13-/m0/s1. The van der Waals surface area contributed by atoms with Crippen LogP contribution < -0.4 is 10.9 Å². The zero-order valence-electron chi connectivity index (χ0n) is 16.0. The van der Waals surface area contributed by atoms with Crippen LogP contribution in [0.1, 0.15) is 25.1 Å². The maximum absolute atomic E-state index is 13.3. The Hall–Kier alpha value is -2.46. The minimum absolute atomic E-state index is 0.00592. The largest absolute Gasteiger partial charge is 0.438 e. The number of ether oxygens (including phenoxy) is 1. The van der Waals surface area contributed by atoms with Gasteiger partial charge < -0.3 is 10.1 Å². The predicted molar refractivity (Wildman–Crippen MR) is 101 cm³/mol. The maximum atomic E-state index is 13.3. The molecule has 0 spiro atoms. The number of carbonyl (C=O) groups is 1. The molecule has 1 aliphatic heterocycles. The third-order valence-electron chi connectivity index (χ3n) is 4.88. The highest BCUT2D eigenvalue weighted by molar-refractivity contribution is 5.83. The SMILES string of the molecule is C[C@@H](C(=O)NCCCN1CCOCC1)n1c(=O)c(C(F)(F)F)nc2ccccc21. The second-order valence-electron chi connectivity index (χ2n) is 6.90. The lowest BCUT2D eigenvalue weighted by Gasteiger charge is -2.26. The fourth-order valence-electron chi connectivity index (χ4n) is 3.33. The number of fused-ring (bicyclic) bond motifs is 1. The zero-order valence-corrected chi connectivity index (χ0v) is 16.0. The van der Waals surface area contributed by atoms with Gasteiger partial charge in [0, 0.05) is 19.6 Å². The molecule has 0 unspecified atom stereocenters. The maximum Gasteiger partial charge on any atom is 0.438 e. The predicted octanol–water partition coefficient (Wildman–Crippen LogP) is 1.81. The molecule has 1 saturated heterocycles. The first-order chi connectivity index (χ1) is 13.8. The quantitative estimate of drug-likeness (QED) is 0.733. The molecule has 1 aromatic heterocycles. The van der Waals surface area contributed by atoms with E-state index in [1.54, 1.807) is 6.07 Å². The molecule has 1 aliphatic rings. The number of nitrogens with zero attached hydrogens (tertiary/aromatic N) is 3. The summed E-state index contributed by atoms with van der Waals surface area (Å²) >= 11 is 0. The molecule has 0 aliphatic carbocycles. The summed E-state index contributed by atoms with van der Waals surface area (Å²) < 4.78 is 45.9. The van der Waals surface area contributed by atoms with E-state index in [1.807, 2.05) is 0 Å². The van der Waals surface area contributed by atoms with Gasteiger partial charge in [-0.2, -0.15) is 13.2 Å². The topological polar surface area (TPSA) is 76.5 Å². The van der Waals surface area contributed by atoms with Gasteiger partial charge in [-0.25, -0.2) is 4.98 Å². The van der Waals surface area contributed by atoms with Crippen molar-refractivity contribution in [2.24, 2.45) is 0 Å². The second-order valence-corrected chi connectivity index (χ2v) is 6.90. The van der Waals surface area contributed by atoms with E-state index >= 15 is 0 Å². The third-order valence-corrected chi connectivity index (χ3v) is 4.88. The average molecular weight is 412 g/mol. The van der Waals surface area contributed by atoms with Crippen LogP contribution in [0.4, 0.5) is 13.2 Å². The lowest BCUT2D eigenvalue weighted by atomic mass is 10.2. The number of halogens is 3. The van der Waals surface area contributed by atoms with Crippen LogP contribution in [0.25, 0.3) is 11.0 Å². The summed E-state index contributed by atoms with van der Waals surface area (Å²) in [4.78, 5) is 30.7.